The summed E-state index contributed by atoms with van der Waals surface area (Å²) in [5, 5.41) is 0. The van der Waals surface area contributed by atoms with Gasteiger partial charge < -0.3 is 14.2 Å². The third-order valence-electron chi connectivity index (χ3n) is 8.97. The number of hydrogen-bond donors (Lipinski definition) is 0. The van der Waals surface area contributed by atoms with Crippen LogP contribution in [0.3, 0.4) is 0 Å². The van der Waals surface area contributed by atoms with Gasteiger partial charge in [0, 0.05) is 19.8 Å². The maximum Gasteiger partial charge on any atom is 0.114 e. The van der Waals surface area contributed by atoms with Crippen molar-refractivity contribution in [3.05, 3.63) is 0 Å². The molecular formula is C39H81NO3. The van der Waals surface area contributed by atoms with Crippen LogP contribution in [-0.4, -0.2) is 43.4 Å². The zero-order valence-corrected chi connectivity index (χ0v) is 30.6. The Labute approximate surface area is 272 Å². The predicted molar refractivity (Wildman–Crippen MR) is 190 cm³/mol. The average Bonchev–Trinajstić information content (AvgIpc) is 3.02. The van der Waals surface area contributed by atoms with E-state index in [4.69, 9.17) is 14.2 Å². The highest BCUT2D eigenvalue weighted by atomic mass is 16.6. The lowest BCUT2D eigenvalue weighted by Crippen LogP contribution is -2.52. The van der Waals surface area contributed by atoms with E-state index in [-0.39, 0.29) is 18.7 Å². The third-order valence-corrected chi connectivity index (χ3v) is 8.97. The molecule has 43 heavy (non-hydrogen) atoms. The van der Waals surface area contributed by atoms with Gasteiger partial charge >= 0.3 is 0 Å². The van der Waals surface area contributed by atoms with Gasteiger partial charge in [-0.3, -0.25) is 0 Å². The molecule has 260 valence electrons. The van der Waals surface area contributed by atoms with E-state index in [2.05, 4.69) is 46.4 Å². The maximum atomic E-state index is 6.61. The van der Waals surface area contributed by atoms with Crippen LogP contribution in [0, 0.1) is 0 Å². The van der Waals surface area contributed by atoms with Crippen molar-refractivity contribution < 1.29 is 14.2 Å². The highest BCUT2D eigenvalue weighted by Crippen LogP contribution is 2.23. The van der Waals surface area contributed by atoms with E-state index in [0.717, 1.165) is 58.3 Å². The van der Waals surface area contributed by atoms with Crippen LogP contribution in [0.2, 0.25) is 0 Å². The van der Waals surface area contributed by atoms with Crippen LogP contribution >= 0.6 is 0 Å². The Morgan fingerprint density at radius 1 is 0.302 bits per heavy atom. The lowest BCUT2D eigenvalue weighted by Gasteiger charge is -2.41. The molecule has 0 spiro atoms. The molecule has 4 nitrogen and oxygen atoms in total. The number of rotatable bonds is 36. The van der Waals surface area contributed by atoms with Crippen molar-refractivity contribution in [2.45, 2.75) is 234 Å². The number of unbranched alkanes of at least 4 members (excludes halogenated alkanes) is 21. The second-order valence-corrected chi connectivity index (χ2v) is 13.1. The van der Waals surface area contributed by atoms with Crippen molar-refractivity contribution in [1.29, 1.82) is 0 Å². The van der Waals surface area contributed by atoms with E-state index in [1.54, 1.807) is 0 Å². The maximum absolute atomic E-state index is 6.61. The molecule has 0 heterocycles. The highest BCUT2D eigenvalue weighted by molar-refractivity contribution is 4.72. The summed E-state index contributed by atoms with van der Waals surface area (Å²) in [7, 11) is 0. The van der Waals surface area contributed by atoms with Gasteiger partial charge in [-0.05, 0) is 38.5 Å². The number of ether oxygens (including phenoxy) is 3. The second-order valence-electron chi connectivity index (χ2n) is 13.1. The molecule has 3 atom stereocenters. The monoisotopic (exact) mass is 612 g/mol. The molecule has 0 fully saturated rings. The van der Waals surface area contributed by atoms with E-state index in [1.807, 2.05) is 0 Å². The number of nitrogens with zero attached hydrogens (tertiary/aromatic N) is 1. The Hall–Kier alpha value is -0.160. The van der Waals surface area contributed by atoms with Crippen LogP contribution in [0.4, 0.5) is 0 Å². The second kappa shape index (κ2) is 34.7. The van der Waals surface area contributed by atoms with Crippen molar-refractivity contribution in [1.82, 2.24) is 4.90 Å². The first-order valence-corrected chi connectivity index (χ1v) is 19.8. The van der Waals surface area contributed by atoms with Crippen molar-refractivity contribution >= 4 is 0 Å². The molecule has 0 aliphatic carbocycles. The summed E-state index contributed by atoms with van der Waals surface area (Å²) in [4.78, 5) is 2.47. The van der Waals surface area contributed by atoms with Gasteiger partial charge in [-0.1, -0.05) is 176 Å². The molecular weight excluding hydrogens is 530 g/mol. The van der Waals surface area contributed by atoms with Gasteiger partial charge in [0.2, 0.25) is 0 Å². The smallest absolute Gasteiger partial charge is 0.114 e. The molecule has 0 rings (SSSR count). The van der Waals surface area contributed by atoms with E-state index in [1.165, 1.54) is 135 Å². The van der Waals surface area contributed by atoms with E-state index in [9.17, 15) is 0 Å². The molecule has 0 aromatic rings. The van der Waals surface area contributed by atoms with Gasteiger partial charge in [0.15, 0.2) is 0 Å². The Bertz CT molecular complexity index is 445. The molecule has 0 aromatic heterocycles. The van der Waals surface area contributed by atoms with Crippen LogP contribution in [0.1, 0.15) is 215 Å². The molecule has 3 unspecified atom stereocenters. The molecule has 0 radical (unpaired) electrons. The van der Waals surface area contributed by atoms with E-state index < -0.39 is 0 Å². The molecule has 0 N–H and O–H groups in total. The van der Waals surface area contributed by atoms with Gasteiger partial charge in [-0.2, -0.15) is 0 Å². The Morgan fingerprint density at radius 3 is 0.721 bits per heavy atom. The average molecular weight is 612 g/mol. The van der Waals surface area contributed by atoms with Crippen molar-refractivity contribution in [3.63, 3.8) is 0 Å². The number of hydrogen-bond acceptors (Lipinski definition) is 4. The van der Waals surface area contributed by atoms with Gasteiger partial charge in [0.05, 0.1) is 0 Å². The zero-order chi connectivity index (χ0) is 31.6. The molecule has 0 aliphatic rings. The van der Waals surface area contributed by atoms with Crippen LogP contribution in [0.15, 0.2) is 0 Å². The topological polar surface area (TPSA) is 30.9 Å². The fraction of sp³-hybridized carbons (Fsp3) is 1.00. The summed E-state index contributed by atoms with van der Waals surface area (Å²) in [6.07, 6.45) is 35.0. The molecule has 0 aliphatic heterocycles. The largest absolute Gasteiger partial charge is 0.363 e. The highest BCUT2D eigenvalue weighted by Gasteiger charge is 2.32. The fourth-order valence-corrected chi connectivity index (χ4v) is 6.17. The molecule has 0 saturated heterocycles. The lowest BCUT2D eigenvalue weighted by atomic mass is 10.1. The van der Waals surface area contributed by atoms with Gasteiger partial charge in [-0.15, -0.1) is 0 Å². The molecule has 0 aromatic carbocycles. The summed E-state index contributed by atoms with van der Waals surface area (Å²) in [6.45, 7) is 16.2. The van der Waals surface area contributed by atoms with Crippen molar-refractivity contribution in [3.8, 4) is 0 Å². The first-order chi connectivity index (χ1) is 21.2. The Kier molecular flexibility index (Phi) is 34.6. The molecule has 4 heteroatoms. The van der Waals surface area contributed by atoms with Gasteiger partial charge in [0.1, 0.15) is 18.7 Å². The lowest BCUT2D eigenvalue weighted by molar-refractivity contribution is -0.227. The standard InChI is InChI=1S/C39H81NO3/c1-7-13-16-19-22-25-28-31-34-41-37(10-4)40(38(11-5)42-35-32-29-26-23-20-17-14-8-2)39(12-6)43-36-33-30-27-24-21-18-15-9-3/h37-39H,7-36H2,1-6H3. The summed E-state index contributed by atoms with van der Waals surface area (Å²) in [5.74, 6) is 0. The SMILES string of the molecule is CCCCCCCCCCOC(CC)N(C(CC)OCCCCCCCCCC)C(CC)OCCCCCCCCCC. The normalized spacial score (nSPS) is 14.0. The van der Waals surface area contributed by atoms with Gasteiger partial charge in [0.25, 0.3) is 0 Å². The minimum absolute atomic E-state index is 0.0524. The van der Waals surface area contributed by atoms with Crippen LogP contribution in [-0.2, 0) is 14.2 Å². The molecule has 0 bridgehead atoms. The zero-order valence-electron chi connectivity index (χ0n) is 30.6. The Balaban J connectivity index is 4.87. The molecule has 0 amide bonds. The first kappa shape index (κ1) is 42.8. The van der Waals surface area contributed by atoms with E-state index in [0.29, 0.717) is 0 Å². The summed E-state index contributed by atoms with van der Waals surface area (Å²) in [5.41, 5.74) is 0. The van der Waals surface area contributed by atoms with Crippen LogP contribution in [0.5, 0.6) is 0 Å². The Morgan fingerprint density at radius 2 is 0.512 bits per heavy atom. The van der Waals surface area contributed by atoms with E-state index >= 15 is 0 Å². The minimum atomic E-state index is 0.0524. The molecule has 0 saturated carbocycles. The van der Waals surface area contributed by atoms with Crippen molar-refractivity contribution in [2.24, 2.45) is 0 Å². The van der Waals surface area contributed by atoms with Crippen LogP contribution in [0.25, 0.3) is 0 Å². The third kappa shape index (κ3) is 25.7. The summed E-state index contributed by atoms with van der Waals surface area (Å²) < 4.78 is 19.8. The van der Waals surface area contributed by atoms with Gasteiger partial charge in [-0.25, -0.2) is 4.90 Å². The van der Waals surface area contributed by atoms with Crippen LogP contribution < -0.4 is 0 Å². The quantitative estimate of drug-likeness (QED) is 0.0521. The summed E-state index contributed by atoms with van der Waals surface area (Å²) >= 11 is 0. The first-order valence-electron chi connectivity index (χ1n) is 19.8. The minimum Gasteiger partial charge on any atom is -0.363 e. The fourth-order valence-electron chi connectivity index (χ4n) is 6.17. The van der Waals surface area contributed by atoms with Crippen molar-refractivity contribution in [2.75, 3.05) is 19.8 Å². The summed E-state index contributed by atoms with van der Waals surface area (Å²) in [6, 6.07) is 0. The predicted octanol–water partition coefficient (Wildman–Crippen LogP) is 13.0.